The molecule has 0 bridgehead atoms. The zero-order valence-electron chi connectivity index (χ0n) is 6.49. The van der Waals surface area contributed by atoms with E-state index in [1.165, 1.54) is 0 Å². The molecule has 0 unspecified atom stereocenters. The zero-order valence-corrected chi connectivity index (χ0v) is 6.49. The van der Waals surface area contributed by atoms with Gasteiger partial charge in [-0.3, -0.25) is 9.59 Å². The van der Waals surface area contributed by atoms with Crippen LogP contribution in [0.2, 0.25) is 0 Å². The third-order valence-corrected chi connectivity index (χ3v) is 1.09. The molecule has 0 spiro atoms. The summed E-state index contributed by atoms with van der Waals surface area (Å²) in [4.78, 5) is 30.9. The second-order valence-corrected chi connectivity index (χ2v) is 2.23. The first-order valence-electron chi connectivity index (χ1n) is 3.19. The molecule has 0 aliphatic carbocycles. The Morgan fingerprint density at radius 1 is 1.50 bits per heavy atom. The van der Waals surface area contributed by atoms with Crippen LogP contribution in [0.5, 0.6) is 0 Å². The number of carboxylic acid groups (broad SMARTS) is 1. The summed E-state index contributed by atoms with van der Waals surface area (Å²) in [6.07, 6.45) is -0.602. The van der Waals surface area contributed by atoms with Crippen molar-refractivity contribution in [3.8, 4) is 0 Å². The highest BCUT2D eigenvalue weighted by Gasteiger charge is 2.15. The normalized spacial score (nSPS) is 11.8. The van der Waals surface area contributed by atoms with Crippen LogP contribution in [-0.4, -0.2) is 23.8 Å². The van der Waals surface area contributed by atoms with Crippen molar-refractivity contribution in [3.05, 3.63) is 0 Å². The highest BCUT2D eigenvalue weighted by Crippen LogP contribution is 1.88. The van der Waals surface area contributed by atoms with Gasteiger partial charge in [0.1, 0.15) is 6.04 Å². The molecule has 6 nitrogen and oxygen atoms in total. The number of hydrogen-bond donors (Lipinski definition) is 2. The van der Waals surface area contributed by atoms with Crippen LogP contribution in [0.3, 0.4) is 0 Å². The lowest BCUT2D eigenvalue weighted by Crippen LogP contribution is -2.46. The monoisotopic (exact) mass is 173 g/mol. The van der Waals surface area contributed by atoms with E-state index in [1.54, 1.807) is 0 Å². The van der Waals surface area contributed by atoms with Gasteiger partial charge in [0.25, 0.3) is 0 Å². The van der Waals surface area contributed by atoms with Gasteiger partial charge in [0.2, 0.25) is 11.8 Å². The maximum atomic E-state index is 10.5. The minimum atomic E-state index is -1.44. The largest absolute Gasteiger partial charge is 0.550 e. The van der Waals surface area contributed by atoms with Gasteiger partial charge in [0.05, 0.1) is 0 Å². The molecule has 0 saturated heterocycles. The maximum absolute atomic E-state index is 10.5. The summed E-state index contributed by atoms with van der Waals surface area (Å²) < 4.78 is 0. The molecule has 1 atom stereocenters. The fourth-order valence-corrected chi connectivity index (χ4v) is 0.635. The number of hydrogen-bond acceptors (Lipinski definition) is 4. The van der Waals surface area contributed by atoms with E-state index < -0.39 is 30.2 Å². The minimum Gasteiger partial charge on any atom is -0.550 e. The third-order valence-electron chi connectivity index (χ3n) is 1.09. The van der Waals surface area contributed by atoms with Crippen molar-refractivity contribution < 1.29 is 19.5 Å². The van der Waals surface area contributed by atoms with Crippen LogP contribution in [0.4, 0.5) is 0 Å². The molecule has 0 rings (SSSR count). The molecule has 0 heterocycles. The van der Waals surface area contributed by atoms with Gasteiger partial charge in [-0.05, 0) is 0 Å². The first-order chi connectivity index (χ1) is 5.43. The number of nitrogens with one attached hydrogen (secondary N) is 1. The van der Waals surface area contributed by atoms with Crippen LogP contribution in [0.25, 0.3) is 0 Å². The van der Waals surface area contributed by atoms with Crippen LogP contribution >= 0.6 is 0 Å². The molecule has 0 fully saturated rings. The number of carboxylic acids is 1. The average Bonchev–Trinajstić information content (AvgIpc) is 1.83. The summed E-state index contributed by atoms with van der Waals surface area (Å²) in [6, 6.07) is -1.19. The van der Waals surface area contributed by atoms with E-state index in [2.05, 4.69) is 5.32 Å². The molecule has 0 radical (unpaired) electrons. The molecule has 0 aromatic heterocycles. The van der Waals surface area contributed by atoms with Crippen LogP contribution in [0, 0.1) is 0 Å². The topological polar surface area (TPSA) is 112 Å². The Balaban J connectivity index is 4.14. The summed E-state index contributed by atoms with van der Waals surface area (Å²) in [5, 5.41) is 12.1. The van der Waals surface area contributed by atoms with E-state index >= 15 is 0 Å². The van der Waals surface area contributed by atoms with E-state index in [0.717, 1.165) is 6.92 Å². The lowest BCUT2D eigenvalue weighted by Gasteiger charge is -2.13. The molecular weight excluding hydrogens is 164 g/mol. The van der Waals surface area contributed by atoms with Crippen LogP contribution in [-0.2, 0) is 14.4 Å². The van der Waals surface area contributed by atoms with Gasteiger partial charge in [-0.1, -0.05) is 0 Å². The third kappa shape index (κ3) is 4.26. The Bertz CT molecular complexity index is 198. The van der Waals surface area contributed by atoms with Gasteiger partial charge in [0, 0.05) is 19.3 Å². The lowest BCUT2D eigenvalue weighted by atomic mass is 10.2. The predicted octanol–water partition coefficient (Wildman–Crippen LogP) is -2.88. The fourth-order valence-electron chi connectivity index (χ4n) is 0.635. The highest BCUT2D eigenvalue weighted by atomic mass is 16.4. The second-order valence-electron chi connectivity index (χ2n) is 2.23. The van der Waals surface area contributed by atoms with Crippen molar-refractivity contribution in [2.75, 3.05) is 0 Å². The molecule has 6 heteroatoms. The Morgan fingerprint density at radius 2 is 2.00 bits per heavy atom. The SMILES string of the molecule is CC(=O)N[C@@H](CC(=O)[O-])C(N)=O. The van der Waals surface area contributed by atoms with Gasteiger partial charge < -0.3 is 21.0 Å². The Hall–Kier alpha value is -1.59. The van der Waals surface area contributed by atoms with Crippen molar-refractivity contribution in [3.63, 3.8) is 0 Å². The lowest BCUT2D eigenvalue weighted by molar-refractivity contribution is -0.306. The molecule has 2 amide bonds. The molecule has 12 heavy (non-hydrogen) atoms. The molecule has 0 aliphatic rings. The number of carbonyl (C=O) groups is 3. The van der Waals surface area contributed by atoms with Crippen LogP contribution in [0.15, 0.2) is 0 Å². The van der Waals surface area contributed by atoms with E-state index in [-0.39, 0.29) is 0 Å². The fraction of sp³-hybridized carbons (Fsp3) is 0.500. The summed E-state index contributed by atoms with van der Waals surface area (Å²) in [6.45, 7) is 1.16. The van der Waals surface area contributed by atoms with Crippen molar-refractivity contribution in [1.29, 1.82) is 0 Å². The molecule has 0 saturated carbocycles. The Labute approximate surface area is 68.7 Å². The molecule has 68 valence electrons. The smallest absolute Gasteiger partial charge is 0.240 e. The summed E-state index contributed by atoms with van der Waals surface area (Å²) in [7, 11) is 0. The van der Waals surface area contributed by atoms with E-state index in [9.17, 15) is 19.5 Å². The van der Waals surface area contributed by atoms with Crippen molar-refractivity contribution >= 4 is 17.8 Å². The molecule has 3 N–H and O–H groups in total. The summed E-state index contributed by atoms with van der Waals surface area (Å²) >= 11 is 0. The molecule has 0 aromatic rings. The number of carbonyl (C=O) groups excluding carboxylic acids is 3. The average molecular weight is 173 g/mol. The van der Waals surface area contributed by atoms with E-state index in [4.69, 9.17) is 5.73 Å². The van der Waals surface area contributed by atoms with Gasteiger partial charge in [-0.2, -0.15) is 0 Å². The first kappa shape index (κ1) is 10.4. The van der Waals surface area contributed by atoms with Gasteiger partial charge in [-0.25, -0.2) is 0 Å². The molecular formula is C6H9N2O4-. The maximum Gasteiger partial charge on any atom is 0.240 e. The number of rotatable bonds is 4. The summed E-state index contributed by atoms with van der Waals surface area (Å²) in [5.74, 6) is -2.85. The van der Waals surface area contributed by atoms with Gasteiger partial charge in [0.15, 0.2) is 0 Å². The second kappa shape index (κ2) is 4.32. The van der Waals surface area contributed by atoms with Crippen molar-refractivity contribution in [1.82, 2.24) is 5.32 Å². The summed E-state index contributed by atoms with van der Waals surface area (Å²) in [5.41, 5.74) is 4.79. The van der Waals surface area contributed by atoms with Crippen molar-refractivity contribution in [2.24, 2.45) is 5.73 Å². The standard InChI is InChI=1S/C6H10N2O4/c1-3(9)8-4(6(7)12)2-5(10)11/h4H,2H2,1H3,(H2,7,12)(H,8,9)(H,10,11)/p-1/t4-/m0/s1. The van der Waals surface area contributed by atoms with Crippen LogP contribution in [0.1, 0.15) is 13.3 Å². The minimum absolute atomic E-state index is 0.514. The molecule has 0 aliphatic heterocycles. The highest BCUT2D eigenvalue weighted by molar-refractivity contribution is 5.88. The number of aliphatic carboxylic acids is 1. The quantitative estimate of drug-likeness (QED) is 0.475. The number of primary amides is 1. The first-order valence-corrected chi connectivity index (χ1v) is 3.19. The zero-order chi connectivity index (χ0) is 9.72. The Morgan fingerprint density at radius 3 is 2.25 bits per heavy atom. The van der Waals surface area contributed by atoms with E-state index in [1.807, 2.05) is 0 Å². The van der Waals surface area contributed by atoms with Gasteiger partial charge in [-0.15, -0.1) is 0 Å². The van der Waals surface area contributed by atoms with Crippen LogP contribution < -0.4 is 16.2 Å². The number of amides is 2. The Kier molecular flexibility index (Phi) is 3.75. The van der Waals surface area contributed by atoms with E-state index in [0.29, 0.717) is 0 Å². The predicted molar refractivity (Wildman–Crippen MR) is 36.4 cm³/mol. The molecule has 0 aromatic carbocycles. The van der Waals surface area contributed by atoms with Gasteiger partial charge >= 0.3 is 0 Å². The van der Waals surface area contributed by atoms with Crippen molar-refractivity contribution in [2.45, 2.75) is 19.4 Å². The number of nitrogens with two attached hydrogens (primary N) is 1.